The number of fused-ring (bicyclic) bond motifs is 1. The number of aliphatic hydroxyl groups excluding tert-OH is 2. The largest absolute Gasteiger partial charge is 0.491 e. The molecule has 0 atom stereocenters. The fourth-order valence-corrected chi connectivity index (χ4v) is 2.84. The highest BCUT2D eigenvalue weighted by Gasteiger charge is 2.27. The molecule has 0 aliphatic heterocycles. The maximum absolute atomic E-state index is 10.5. The maximum Gasteiger partial charge on any atom is 0.491 e. The van der Waals surface area contributed by atoms with Gasteiger partial charge in [0.1, 0.15) is 12.4 Å². The Bertz CT molecular complexity index is 896. The first kappa shape index (κ1) is 20.4. The molecule has 0 unspecified atom stereocenters. The Hall–Kier alpha value is -2.38. The number of ether oxygens (including phenoxy) is 1. The van der Waals surface area contributed by atoms with Crippen LogP contribution in [-0.4, -0.2) is 42.2 Å². The Labute approximate surface area is 165 Å². The van der Waals surface area contributed by atoms with Crippen LogP contribution in [0.4, 0.5) is 0 Å². The molecule has 0 fully saturated rings. The molecule has 3 rings (SSSR count). The fraction of sp³-hybridized carbons (Fsp3) is 0.273. The van der Waals surface area contributed by atoms with Gasteiger partial charge in [0.25, 0.3) is 0 Å². The zero-order valence-corrected chi connectivity index (χ0v) is 15.9. The van der Waals surface area contributed by atoms with Crippen LogP contribution in [0.1, 0.15) is 12.5 Å². The van der Waals surface area contributed by atoms with Gasteiger partial charge in [-0.2, -0.15) is 0 Å². The summed E-state index contributed by atoms with van der Waals surface area (Å²) in [5.74, 6) is 0.747. The normalized spacial score (nSPS) is 11.6. The Balaban J connectivity index is 1.74. The summed E-state index contributed by atoms with van der Waals surface area (Å²) < 4.78 is 11.4. The monoisotopic (exact) mass is 380 g/mol. The lowest BCUT2D eigenvalue weighted by Gasteiger charge is -2.25. The molecule has 0 amide bonds. The molecule has 0 radical (unpaired) electrons. The molecule has 0 aliphatic carbocycles. The molecule has 5 nitrogen and oxygen atoms in total. The molecule has 3 aromatic carbocycles. The van der Waals surface area contributed by atoms with Crippen molar-refractivity contribution in [3.8, 4) is 5.75 Å². The van der Waals surface area contributed by atoms with Gasteiger partial charge in [-0.15, -0.1) is 0 Å². The van der Waals surface area contributed by atoms with Crippen LogP contribution < -0.4 is 10.2 Å². The van der Waals surface area contributed by atoms with E-state index in [1.807, 2.05) is 60.7 Å². The summed E-state index contributed by atoms with van der Waals surface area (Å²) in [7, 11) is -1.16. The van der Waals surface area contributed by atoms with E-state index in [-0.39, 0.29) is 19.8 Å². The third kappa shape index (κ3) is 4.91. The Morgan fingerprint density at radius 2 is 1.68 bits per heavy atom. The minimum absolute atomic E-state index is 0.0375. The first-order chi connectivity index (χ1) is 13.5. The number of benzene rings is 3. The van der Waals surface area contributed by atoms with Crippen LogP contribution in [-0.2, 0) is 11.3 Å². The minimum atomic E-state index is -1.16. The van der Waals surface area contributed by atoms with E-state index in [4.69, 9.17) is 9.39 Å². The number of hydrogen-bond acceptors (Lipinski definition) is 5. The van der Waals surface area contributed by atoms with Crippen LogP contribution in [0.5, 0.6) is 5.75 Å². The van der Waals surface area contributed by atoms with E-state index in [9.17, 15) is 15.2 Å². The summed E-state index contributed by atoms with van der Waals surface area (Å²) in [6.07, 6.45) is 0. The molecular formula is C22H25BO5. The van der Waals surface area contributed by atoms with Crippen molar-refractivity contribution in [1.82, 2.24) is 0 Å². The van der Waals surface area contributed by atoms with Crippen molar-refractivity contribution in [3.63, 3.8) is 0 Å². The molecule has 3 aromatic rings. The summed E-state index contributed by atoms with van der Waals surface area (Å²) >= 11 is 0. The predicted octanol–water partition coefficient (Wildman–Crippen LogP) is 2.11. The molecule has 0 heterocycles. The van der Waals surface area contributed by atoms with Crippen LogP contribution >= 0.6 is 0 Å². The molecule has 146 valence electrons. The first-order valence-electron chi connectivity index (χ1n) is 9.25. The lowest BCUT2D eigenvalue weighted by atomic mass is 9.76. The summed E-state index contributed by atoms with van der Waals surface area (Å²) in [6, 6.07) is 21.2. The smallest absolute Gasteiger partial charge is 0.489 e. The number of rotatable bonds is 9. The van der Waals surface area contributed by atoms with Crippen LogP contribution in [0, 0.1) is 5.41 Å². The molecule has 6 heteroatoms. The van der Waals surface area contributed by atoms with Crippen molar-refractivity contribution in [3.05, 3.63) is 72.3 Å². The lowest BCUT2D eigenvalue weighted by Crippen LogP contribution is -2.40. The van der Waals surface area contributed by atoms with Gasteiger partial charge < -0.3 is 24.6 Å². The Morgan fingerprint density at radius 1 is 0.929 bits per heavy atom. The van der Waals surface area contributed by atoms with Crippen molar-refractivity contribution < 1.29 is 24.6 Å². The van der Waals surface area contributed by atoms with E-state index in [1.54, 1.807) is 13.0 Å². The fourth-order valence-electron chi connectivity index (χ4n) is 2.84. The van der Waals surface area contributed by atoms with E-state index in [0.29, 0.717) is 12.1 Å². The zero-order chi connectivity index (χ0) is 20.0. The molecule has 0 aromatic heterocycles. The third-order valence-corrected chi connectivity index (χ3v) is 4.75. The predicted molar refractivity (Wildman–Crippen MR) is 111 cm³/mol. The van der Waals surface area contributed by atoms with Crippen LogP contribution in [0.25, 0.3) is 10.8 Å². The van der Waals surface area contributed by atoms with Gasteiger partial charge in [0.2, 0.25) is 0 Å². The van der Waals surface area contributed by atoms with Gasteiger partial charge in [0.05, 0.1) is 13.2 Å². The van der Waals surface area contributed by atoms with Crippen molar-refractivity contribution in [1.29, 1.82) is 0 Å². The molecule has 0 bridgehead atoms. The van der Waals surface area contributed by atoms with Gasteiger partial charge in [-0.1, -0.05) is 61.5 Å². The molecule has 0 spiro atoms. The standard InChI is InChI=1S/C22H25BO5/c1-22(14-24,15-25)16-28-23(26)21-9-5-8-18-12-19(10-11-20(18)21)27-13-17-6-3-2-4-7-17/h2-12,24-26H,13-16H2,1H3. The third-order valence-electron chi connectivity index (χ3n) is 4.75. The second-order valence-corrected chi connectivity index (χ2v) is 7.29. The van der Waals surface area contributed by atoms with E-state index >= 15 is 0 Å². The van der Waals surface area contributed by atoms with E-state index in [0.717, 1.165) is 22.1 Å². The highest BCUT2D eigenvalue weighted by atomic mass is 16.5. The molecule has 3 N–H and O–H groups in total. The van der Waals surface area contributed by atoms with Crippen molar-refractivity contribution in [2.75, 3.05) is 19.8 Å². The van der Waals surface area contributed by atoms with Gasteiger partial charge in [0, 0.05) is 12.0 Å². The molecule has 28 heavy (non-hydrogen) atoms. The molecule has 0 saturated carbocycles. The summed E-state index contributed by atoms with van der Waals surface area (Å²) in [5.41, 5.74) is 0.922. The summed E-state index contributed by atoms with van der Waals surface area (Å²) in [4.78, 5) is 0. The van der Waals surface area contributed by atoms with E-state index < -0.39 is 12.5 Å². The van der Waals surface area contributed by atoms with Gasteiger partial charge in [-0.3, -0.25) is 0 Å². The topological polar surface area (TPSA) is 79.2 Å². The van der Waals surface area contributed by atoms with Crippen LogP contribution in [0.2, 0.25) is 0 Å². The quantitative estimate of drug-likeness (QED) is 0.496. The SMILES string of the molecule is CC(CO)(CO)COB(O)c1cccc2cc(OCc3ccccc3)ccc12. The van der Waals surface area contributed by atoms with Crippen molar-refractivity contribution in [2.24, 2.45) is 5.41 Å². The zero-order valence-electron chi connectivity index (χ0n) is 15.9. The van der Waals surface area contributed by atoms with Crippen LogP contribution in [0.3, 0.4) is 0 Å². The first-order valence-corrected chi connectivity index (χ1v) is 9.25. The molecule has 0 aliphatic rings. The van der Waals surface area contributed by atoms with Gasteiger partial charge >= 0.3 is 7.12 Å². The second kappa shape index (κ2) is 9.21. The van der Waals surface area contributed by atoms with Crippen molar-refractivity contribution in [2.45, 2.75) is 13.5 Å². The average molecular weight is 380 g/mol. The Kier molecular flexibility index (Phi) is 6.70. The number of hydrogen-bond donors (Lipinski definition) is 3. The second-order valence-electron chi connectivity index (χ2n) is 7.29. The van der Waals surface area contributed by atoms with Crippen molar-refractivity contribution >= 4 is 23.4 Å². The maximum atomic E-state index is 10.5. The van der Waals surface area contributed by atoms with Gasteiger partial charge in [-0.25, -0.2) is 0 Å². The van der Waals surface area contributed by atoms with Gasteiger partial charge in [0.15, 0.2) is 0 Å². The average Bonchev–Trinajstić information content (AvgIpc) is 2.76. The van der Waals surface area contributed by atoms with Crippen LogP contribution in [0.15, 0.2) is 66.7 Å². The minimum Gasteiger partial charge on any atom is -0.489 e. The lowest BCUT2D eigenvalue weighted by molar-refractivity contribution is 0.0235. The molecular weight excluding hydrogens is 355 g/mol. The van der Waals surface area contributed by atoms with E-state index in [1.165, 1.54) is 0 Å². The number of aliphatic hydroxyl groups is 2. The summed E-state index contributed by atoms with van der Waals surface area (Å²) in [6.45, 7) is 1.76. The highest BCUT2D eigenvalue weighted by molar-refractivity contribution is 6.63. The highest BCUT2D eigenvalue weighted by Crippen LogP contribution is 2.21. The summed E-state index contributed by atoms with van der Waals surface area (Å²) in [5, 5.41) is 31.0. The van der Waals surface area contributed by atoms with E-state index in [2.05, 4.69) is 0 Å². The molecule has 0 saturated heterocycles. The Morgan fingerprint density at radius 3 is 2.39 bits per heavy atom. The van der Waals surface area contributed by atoms with Gasteiger partial charge in [-0.05, 0) is 33.9 Å².